The van der Waals surface area contributed by atoms with Crippen molar-refractivity contribution in [2.75, 3.05) is 13.2 Å². The number of carbonyl (C=O) groups is 1. The molecule has 0 aliphatic carbocycles. The Morgan fingerprint density at radius 3 is 2.87 bits per heavy atom. The van der Waals surface area contributed by atoms with Crippen LogP contribution in [0.2, 0.25) is 0 Å². The lowest BCUT2D eigenvalue weighted by atomic mass is 10.4. The van der Waals surface area contributed by atoms with Gasteiger partial charge in [0.05, 0.1) is 9.80 Å². The smallest absolute Gasteiger partial charge is 0.324 e. The van der Waals surface area contributed by atoms with Crippen LogP contribution in [-0.4, -0.2) is 29.1 Å². The van der Waals surface area contributed by atoms with Crippen molar-refractivity contribution in [3.63, 3.8) is 0 Å². The summed E-state index contributed by atoms with van der Waals surface area (Å²) in [5.74, 6) is -0.346. The highest BCUT2D eigenvalue weighted by Crippen LogP contribution is 2.23. The summed E-state index contributed by atoms with van der Waals surface area (Å²) in [6.07, 6.45) is 0.471. The fourth-order valence-electron chi connectivity index (χ4n) is 0.916. The second-order valence-electron chi connectivity index (χ2n) is 2.73. The molecule has 1 amide bonds. The van der Waals surface area contributed by atoms with Gasteiger partial charge in [-0.3, -0.25) is 14.9 Å². The lowest BCUT2D eigenvalue weighted by molar-refractivity contribution is -0.380. The first-order valence-corrected chi connectivity index (χ1v) is 5.10. The van der Waals surface area contributed by atoms with Gasteiger partial charge in [0.15, 0.2) is 0 Å². The summed E-state index contributed by atoms with van der Waals surface area (Å²) >= 11 is 0.834. The van der Waals surface area contributed by atoms with Gasteiger partial charge in [-0.05, 0) is 12.5 Å². The molecule has 15 heavy (non-hydrogen) atoms. The zero-order valence-corrected chi connectivity index (χ0v) is 8.62. The number of nitrogens with zero attached hydrogens (tertiary/aromatic N) is 1. The number of rotatable bonds is 5. The number of thiophene rings is 1. The molecule has 7 heteroatoms. The third-order valence-electron chi connectivity index (χ3n) is 1.62. The molecule has 6 nitrogen and oxygen atoms in total. The van der Waals surface area contributed by atoms with Crippen LogP contribution < -0.4 is 5.32 Å². The van der Waals surface area contributed by atoms with Crippen molar-refractivity contribution < 1.29 is 14.8 Å². The summed E-state index contributed by atoms with van der Waals surface area (Å²) in [6.45, 7) is 0.367. The molecule has 1 aromatic rings. The van der Waals surface area contributed by atoms with Crippen molar-refractivity contribution in [1.82, 2.24) is 5.32 Å². The minimum absolute atomic E-state index is 0.00483. The number of nitro groups is 1. The summed E-state index contributed by atoms with van der Waals surface area (Å²) in [4.78, 5) is 21.5. The molecule has 1 heterocycles. The molecule has 1 rings (SSSR count). The van der Waals surface area contributed by atoms with E-state index in [2.05, 4.69) is 5.32 Å². The zero-order chi connectivity index (χ0) is 11.3. The second-order valence-corrected chi connectivity index (χ2v) is 3.79. The first kappa shape index (κ1) is 11.6. The first-order valence-electron chi connectivity index (χ1n) is 4.28. The third kappa shape index (κ3) is 3.30. The number of hydrogen-bond donors (Lipinski definition) is 2. The summed E-state index contributed by atoms with van der Waals surface area (Å²) in [7, 11) is 0. The van der Waals surface area contributed by atoms with E-state index < -0.39 is 4.92 Å². The molecule has 0 saturated carbocycles. The van der Waals surface area contributed by atoms with Gasteiger partial charge in [0.2, 0.25) is 0 Å². The number of amides is 1. The van der Waals surface area contributed by atoms with Gasteiger partial charge in [-0.15, -0.1) is 0 Å². The fraction of sp³-hybridized carbons (Fsp3) is 0.375. The van der Waals surface area contributed by atoms with E-state index in [1.54, 1.807) is 0 Å². The molecule has 0 bridgehead atoms. The SMILES string of the molecule is O=C(NCCCO)c1ccc([N+](=O)[O-])s1. The van der Waals surface area contributed by atoms with Gasteiger partial charge < -0.3 is 10.4 Å². The van der Waals surface area contributed by atoms with Gasteiger partial charge in [-0.1, -0.05) is 11.3 Å². The van der Waals surface area contributed by atoms with E-state index >= 15 is 0 Å². The number of nitrogens with one attached hydrogen (secondary N) is 1. The maximum Gasteiger partial charge on any atom is 0.324 e. The predicted molar refractivity (Wildman–Crippen MR) is 55.0 cm³/mol. The van der Waals surface area contributed by atoms with E-state index in [1.165, 1.54) is 12.1 Å². The molecule has 0 aliphatic rings. The minimum atomic E-state index is -0.533. The van der Waals surface area contributed by atoms with Crippen LogP contribution >= 0.6 is 11.3 Å². The van der Waals surface area contributed by atoms with Gasteiger partial charge >= 0.3 is 5.00 Å². The van der Waals surface area contributed by atoms with Crippen molar-refractivity contribution in [3.8, 4) is 0 Å². The summed E-state index contributed by atoms with van der Waals surface area (Å²) in [5, 5.41) is 21.3. The molecule has 0 aliphatic heterocycles. The molecular weight excluding hydrogens is 220 g/mol. The topological polar surface area (TPSA) is 92.5 Å². The monoisotopic (exact) mass is 230 g/mol. The molecule has 2 N–H and O–H groups in total. The molecule has 0 radical (unpaired) electrons. The molecule has 0 saturated heterocycles. The van der Waals surface area contributed by atoms with E-state index in [9.17, 15) is 14.9 Å². The molecule has 1 aromatic heterocycles. The maximum atomic E-state index is 11.4. The van der Waals surface area contributed by atoms with E-state index in [1.807, 2.05) is 0 Å². The molecule has 0 aromatic carbocycles. The Morgan fingerprint density at radius 1 is 1.60 bits per heavy atom. The van der Waals surface area contributed by atoms with Crippen LogP contribution in [0.3, 0.4) is 0 Å². The standard InChI is InChI=1S/C8H10N2O4S/c11-5-1-4-9-8(12)6-2-3-7(15-6)10(13)14/h2-3,11H,1,4-5H2,(H,9,12). The average molecular weight is 230 g/mol. The van der Waals surface area contributed by atoms with Gasteiger partial charge in [0.1, 0.15) is 0 Å². The van der Waals surface area contributed by atoms with Crippen molar-refractivity contribution in [2.24, 2.45) is 0 Å². The highest BCUT2D eigenvalue weighted by Gasteiger charge is 2.14. The first-order chi connectivity index (χ1) is 7.15. The Kier molecular flexibility index (Phi) is 4.19. The zero-order valence-electron chi connectivity index (χ0n) is 7.80. The fourth-order valence-corrected chi connectivity index (χ4v) is 1.65. The van der Waals surface area contributed by atoms with E-state index in [4.69, 9.17) is 5.11 Å². The lowest BCUT2D eigenvalue weighted by Crippen LogP contribution is -2.24. The predicted octanol–water partition coefficient (Wildman–Crippen LogP) is 0.768. The number of hydrogen-bond acceptors (Lipinski definition) is 5. The van der Waals surface area contributed by atoms with Crippen molar-refractivity contribution in [2.45, 2.75) is 6.42 Å². The van der Waals surface area contributed by atoms with Crippen molar-refractivity contribution >= 4 is 22.2 Å². The van der Waals surface area contributed by atoms with Crippen LogP contribution in [0, 0.1) is 10.1 Å². The van der Waals surface area contributed by atoms with E-state index in [0.717, 1.165) is 11.3 Å². The molecule has 0 atom stereocenters. The molecule has 82 valence electrons. The van der Waals surface area contributed by atoms with Crippen LogP contribution in [0.15, 0.2) is 12.1 Å². The number of aliphatic hydroxyl groups is 1. The summed E-state index contributed by atoms with van der Waals surface area (Å²) in [6, 6.07) is 2.71. The third-order valence-corrected chi connectivity index (χ3v) is 2.65. The minimum Gasteiger partial charge on any atom is -0.396 e. The van der Waals surface area contributed by atoms with E-state index in [0.29, 0.717) is 17.8 Å². The highest BCUT2D eigenvalue weighted by molar-refractivity contribution is 7.17. The average Bonchev–Trinajstić information content (AvgIpc) is 2.66. The molecule has 0 spiro atoms. The lowest BCUT2D eigenvalue weighted by Gasteiger charge is -2.00. The van der Waals surface area contributed by atoms with Gasteiger partial charge in [-0.25, -0.2) is 0 Å². The van der Waals surface area contributed by atoms with Crippen molar-refractivity contribution in [3.05, 3.63) is 27.1 Å². The quantitative estimate of drug-likeness (QED) is 0.444. The van der Waals surface area contributed by atoms with Crippen LogP contribution in [-0.2, 0) is 0 Å². The Bertz CT molecular complexity index is 363. The van der Waals surface area contributed by atoms with Crippen LogP contribution in [0.5, 0.6) is 0 Å². The van der Waals surface area contributed by atoms with Crippen LogP contribution in [0.4, 0.5) is 5.00 Å². The Hall–Kier alpha value is -1.47. The van der Waals surface area contributed by atoms with Gasteiger partial charge in [0.25, 0.3) is 5.91 Å². The molecular formula is C8H10N2O4S. The van der Waals surface area contributed by atoms with Crippen LogP contribution in [0.1, 0.15) is 16.1 Å². The van der Waals surface area contributed by atoms with Gasteiger partial charge in [0, 0.05) is 19.2 Å². The maximum absolute atomic E-state index is 11.4. The van der Waals surface area contributed by atoms with Gasteiger partial charge in [-0.2, -0.15) is 0 Å². The second kappa shape index (κ2) is 5.42. The normalized spacial score (nSPS) is 9.93. The Morgan fingerprint density at radius 2 is 2.33 bits per heavy atom. The highest BCUT2D eigenvalue weighted by atomic mass is 32.1. The van der Waals surface area contributed by atoms with E-state index in [-0.39, 0.29) is 17.5 Å². The number of carbonyl (C=O) groups excluding carboxylic acids is 1. The summed E-state index contributed by atoms with van der Waals surface area (Å²) in [5.41, 5.74) is 0. The Labute approximate surface area is 89.7 Å². The number of aliphatic hydroxyl groups excluding tert-OH is 1. The Balaban J connectivity index is 2.54. The van der Waals surface area contributed by atoms with Crippen LogP contribution in [0.25, 0.3) is 0 Å². The molecule has 0 fully saturated rings. The molecule has 0 unspecified atom stereocenters. The summed E-state index contributed by atoms with van der Waals surface area (Å²) < 4.78 is 0. The van der Waals surface area contributed by atoms with Crippen molar-refractivity contribution in [1.29, 1.82) is 0 Å². The largest absolute Gasteiger partial charge is 0.396 e.